The fourth-order valence-electron chi connectivity index (χ4n) is 2.58. The van der Waals surface area contributed by atoms with Crippen molar-refractivity contribution in [3.63, 3.8) is 0 Å². The van der Waals surface area contributed by atoms with Crippen LogP contribution in [0.2, 0.25) is 0 Å². The topological polar surface area (TPSA) is 111 Å². The third-order valence-electron chi connectivity index (χ3n) is 4.02. The van der Waals surface area contributed by atoms with Gasteiger partial charge < -0.3 is 26.2 Å². The molecule has 7 nitrogen and oxygen atoms in total. The number of hydrogen-bond acceptors (Lipinski definition) is 5. The first-order valence-corrected chi connectivity index (χ1v) is 10.5. The fourth-order valence-corrected chi connectivity index (χ4v) is 3.51. The number of hydrogen-bond donors (Lipinski definition) is 5. The molecule has 1 amide bonds. The highest BCUT2D eigenvalue weighted by Gasteiger charge is 2.12. The number of rotatable bonds is 7. The molecule has 0 spiro atoms. The third kappa shape index (κ3) is 6.73. The minimum Gasteiger partial charge on any atom is -0.507 e. The summed E-state index contributed by atoms with van der Waals surface area (Å²) in [7, 11) is 0. The molecule has 3 rings (SSSR count). The third-order valence-corrected chi connectivity index (χ3v) is 5.24. The first-order valence-electron chi connectivity index (χ1n) is 9.13. The van der Waals surface area contributed by atoms with Crippen LogP contribution < -0.4 is 16.0 Å². The summed E-state index contributed by atoms with van der Waals surface area (Å²) in [5.41, 5.74) is 1.74. The van der Waals surface area contributed by atoms with Gasteiger partial charge in [0.25, 0.3) is 0 Å². The lowest BCUT2D eigenvalue weighted by Gasteiger charge is -2.11. The first-order chi connectivity index (χ1) is 14.9. The minimum absolute atomic E-state index is 0.143. The molecule has 0 radical (unpaired) electrons. The average Bonchev–Trinajstić information content (AvgIpc) is 2.75. The molecule has 0 bridgehead atoms. The number of thioether (sulfide) groups is 1. The molecule has 0 unspecified atom stereocenters. The van der Waals surface area contributed by atoms with Gasteiger partial charge in [-0.15, -0.1) is 11.8 Å². The van der Waals surface area contributed by atoms with Crippen LogP contribution in [0.3, 0.4) is 0 Å². The molecule has 0 aromatic heterocycles. The van der Waals surface area contributed by atoms with Gasteiger partial charge in [-0.2, -0.15) is 0 Å². The number of carbonyl (C=O) groups excluding carboxylic acids is 1. The van der Waals surface area contributed by atoms with E-state index in [0.29, 0.717) is 10.8 Å². The zero-order chi connectivity index (χ0) is 22.2. The maximum Gasteiger partial charge on any atom is 0.339 e. The van der Waals surface area contributed by atoms with Gasteiger partial charge in [0, 0.05) is 22.0 Å². The number of para-hydroxylation sites is 1. The fraction of sp³-hybridized carbons (Fsp3) is 0.0455. The predicted octanol–water partition coefficient (Wildman–Crippen LogP) is 4.63. The molecule has 0 aliphatic heterocycles. The number of carbonyl (C=O) groups is 2. The molecule has 0 aliphatic rings. The normalized spacial score (nSPS) is 10.2. The molecule has 31 heavy (non-hydrogen) atoms. The van der Waals surface area contributed by atoms with E-state index in [1.54, 1.807) is 0 Å². The number of benzene rings is 3. The van der Waals surface area contributed by atoms with Crippen LogP contribution in [0, 0.1) is 0 Å². The number of thiocarbonyl (C=S) groups is 1. The van der Waals surface area contributed by atoms with Crippen molar-refractivity contribution < 1.29 is 19.8 Å². The lowest BCUT2D eigenvalue weighted by atomic mass is 10.2. The zero-order valence-corrected chi connectivity index (χ0v) is 17.8. The van der Waals surface area contributed by atoms with Gasteiger partial charge in [-0.1, -0.05) is 18.2 Å². The molecule has 3 aromatic carbocycles. The van der Waals surface area contributed by atoms with Crippen LogP contribution in [0.25, 0.3) is 0 Å². The van der Waals surface area contributed by atoms with E-state index in [0.717, 1.165) is 16.3 Å². The van der Waals surface area contributed by atoms with Crippen molar-refractivity contribution in [2.75, 3.05) is 21.7 Å². The van der Waals surface area contributed by atoms with Crippen LogP contribution >= 0.6 is 24.0 Å². The summed E-state index contributed by atoms with van der Waals surface area (Å²) in [6.45, 7) is 0. The van der Waals surface area contributed by atoms with Crippen LogP contribution in [0.15, 0.2) is 77.7 Å². The Bertz CT molecular complexity index is 1090. The number of anilines is 3. The summed E-state index contributed by atoms with van der Waals surface area (Å²) in [6.07, 6.45) is 0. The van der Waals surface area contributed by atoms with Crippen molar-refractivity contribution >= 4 is 58.0 Å². The van der Waals surface area contributed by atoms with Gasteiger partial charge in [-0.05, 0) is 66.8 Å². The van der Waals surface area contributed by atoms with Crippen molar-refractivity contribution in [3.8, 4) is 5.75 Å². The molecule has 0 aliphatic carbocycles. The van der Waals surface area contributed by atoms with Crippen molar-refractivity contribution in [2.45, 2.75) is 4.90 Å². The highest BCUT2D eigenvalue weighted by atomic mass is 32.2. The smallest absolute Gasteiger partial charge is 0.339 e. The van der Waals surface area contributed by atoms with Gasteiger partial charge in [0.2, 0.25) is 5.91 Å². The molecule has 3 aromatic rings. The van der Waals surface area contributed by atoms with Gasteiger partial charge in [0.1, 0.15) is 11.3 Å². The average molecular weight is 454 g/mol. The summed E-state index contributed by atoms with van der Waals surface area (Å²) >= 11 is 6.64. The van der Waals surface area contributed by atoms with Crippen LogP contribution in [0.5, 0.6) is 5.75 Å². The highest BCUT2D eigenvalue weighted by molar-refractivity contribution is 8.00. The van der Waals surface area contributed by atoms with E-state index >= 15 is 0 Å². The Hall–Kier alpha value is -3.56. The molecule has 0 saturated carbocycles. The highest BCUT2D eigenvalue weighted by Crippen LogP contribution is 2.23. The number of carboxylic acids is 1. The lowest BCUT2D eigenvalue weighted by molar-refractivity contribution is -0.113. The molecule has 5 N–H and O–H groups in total. The van der Waals surface area contributed by atoms with Crippen molar-refractivity contribution in [3.05, 3.63) is 78.4 Å². The van der Waals surface area contributed by atoms with E-state index in [9.17, 15) is 14.7 Å². The van der Waals surface area contributed by atoms with Gasteiger partial charge in [-0.25, -0.2) is 4.79 Å². The molecule has 0 heterocycles. The second-order valence-electron chi connectivity index (χ2n) is 6.34. The van der Waals surface area contributed by atoms with E-state index < -0.39 is 5.97 Å². The number of carboxylic acid groups (broad SMARTS) is 1. The van der Waals surface area contributed by atoms with Crippen LogP contribution in [-0.2, 0) is 4.79 Å². The predicted molar refractivity (Wildman–Crippen MR) is 127 cm³/mol. The van der Waals surface area contributed by atoms with Crippen LogP contribution in [0.1, 0.15) is 10.4 Å². The summed E-state index contributed by atoms with van der Waals surface area (Å²) in [4.78, 5) is 24.1. The molecule has 9 heteroatoms. The zero-order valence-electron chi connectivity index (χ0n) is 16.2. The lowest BCUT2D eigenvalue weighted by Crippen LogP contribution is -2.18. The second kappa shape index (κ2) is 10.5. The summed E-state index contributed by atoms with van der Waals surface area (Å²) < 4.78 is 0. The van der Waals surface area contributed by atoms with Gasteiger partial charge in [0.05, 0.1) is 5.75 Å². The Morgan fingerprint density at radius 3 is 2.10 bits per heavy atom. The molecule has 0 saturated heterocycles. The molecule has 158 valence electrons. The van der Waals surface area contributed by atoms with Gasteiger partial charge in [0.15, 0.2) is 5.11 Å². The molecular formula is C22H19N3O4S2. The molecular weight excluding hydrogens is 434 g/mol. The summed E-state index contributed by atoms with van der Waals surface area (Å²) in [5.74, 6) is -1.77. The van der Waals surface area contributed by atoms with Gasteiger partial charge >= 0.3 is 5.97 Å². The standard InChI is InChI=1S/C22H19N3O4S2/c26-19-11-8-16(12-18(19)21(28)29)23-20(27)13-31-17-9-6-15(7-10-17)25-22(30)24-14-4-2-1-3-5-14/h1-12,26H,13H2,(H,23,27)(H,28,29)(H2,24,25,30). The Labute approximate surface area is 188 Å². The van der Waals surface area contributed by atoms with E-state index in [1.165, 1.54) is 30.0 Å². The van der Waals surface area contributed by atoms with E-state index in [4.69, 9.17) is 17.3 Å². The van der Waals surface area contributed by atoms with Gasteiger partial charge in [-0.3, -0.25) is 4.79 Å². The number of aromatic hydroxyl groups is 1. The maximum absolute atomic E-state index is 12.2. The monoisotopic (exact) mass is 453 g/mol. The maximum atomic E-state index is 12.2. The minimum atomic E-state index is -1.27. The Balaban J connectivity index is 1.48. The Morgan fingerprint density at radius 2 is 1.45 bits per heavy atom. The Morgan fingerprint density at radius 1 is 0.839 bits per heavy atom. The van der Waals surface area contributed by atoms with Crippen LogP contribution in [0.4, 0.5) is 17.1 Å². The molecule has 0 fully saturated rings. The SMILES string of the molecule is O=C(CSc1ccc(NC(=S)Nc2ccccc2)cc1)Nc1ccc(O)c(C(=O)O)c1. The first kappa shape index (κ1) is 22.1. The quantitative estimate of drug-likeness (QED) is 0.200. The van der Waals surface area contributed by atoms with E-state index in [-0.39, 0.29) is 23.0 Å². The Kier molecular flexibility index (Phi) is 7.47. The summed E-state index contributed by atoms with van der Waals surface area (Å²) in [6, 6.07) is 20.9. The van der Waals surface area contributed by atoms with E-state index in [1.807, 2.05) is 54.6 Å². The number of nitrogens with one attached hydrogen (secondary N) is 3. The van der Waals surface area contributed by atoms with Crippen LogP contribution in [-0.4, -0.2) is 33.0 Å². The van der Waals surface area contributed by atoms with Crippen molar-refractivity contribution in [1.82, 2.24) is 0 Å². The van der Waals surface area contributed by atoms with E-state index in [2.05, 4.69) is 16.0 Å². The largest absolute Gasteiger partial charge is 0.507 e. The summed E-state index contributed by atoms with van der Waals surface area (Å²) in [5, 5.41) is 27.8. The second-order valence-corrected chi connectivity index (χ2v) is 7.80. The van der Waals surface area contributed by atoms with Crippen molar-refractivity contribution in [2.24, 2.45) is 0 Å². The number of aromatic carboxylic acids is 1. The molecule has 0 atom stereocenters. The number of phenols is 1. The van der Waals surface area contributed by atoms with Crippen molar-refractivity contribution in [1.29, 1.82) is 0 Å². The number of amides is 1.